The maximum Gasteiger partial charge on any atom is 0.408 e. The largest absolute Gasteiger partial charge is 0.444 e. The number of amides is 2. The zero-order chi connectivity index (χ0) is 21.0. The first-order valence-electron chi connectivity index (χ1n) is 10.5. The zero-order valence-electron chi connectivity index (χ0n) is 17.6. The summed E-state index contributed by atoms with van der Waals surface area (Å²) in [5.41, 5.74) is 1.34. The molecule has 3 atom stereocenters. The normalized spacial score (nSPS) is 24.4. The number of nitrogens with zero attached hydrogens (tertiary/aromatic N) is 2. The van der Waals surface area contributed by atoms with Crippen molar-refractivity contribution in [2.45, 2.75) is 64.5 Å². The third kappa shape index (κ3) is 6.22. The highest BCUT2D eigenvalue weighted by Gasteiger charge is 2.40. The molecule has 1 saturated carbocycles. The summed E-state index contributed by atoms with van der Waals surface area (Å²) < 4.78 is 5.32. The predicted octanol–water partition coefficient (Wildman–Crippen LogP) is 3.64. The van der Waals surface area contributed by atoms with Crippen molar-refractivity contribution in [1.82, 2.24) is 10.2 Å². The lowest BCUT2D eigenvalue weighted by Gasteiger charge is -2.26. The zero-order valence-corrected chi connectivity index (χ0v) is 17.6. The molecule has 6 heteroatoms. The van der Waals surface area contributed by atoms with Gasteiger partial charge in [0.1, 0.15) is 11.6 Å². The van der Waals surface area contributed by atoms with Gasteiger partial charge in [-0.05, 0) is 82.4 Å². The molecule has 1 N–H and O–H groups in total. The van der Waals surface area contributed by atoms with Gasteiger partial charge in [0.15, 0.2) is 0 Å². The van der Waals surface area contributed by atoms with Gasteiger partial charge < -0.3 is 15.0 Å². The van der Waals surface area contributed by atoms with Crippen LogP contribution in [-0.2, 0) is 16.0 Å². The van der Waals surface area contributed by atoms with Crippen molar-refractivity contribution in [3.63, 3.8) is 0 Å². The Balaban J connectivity index is 1.51. The van der Waals surface area contributed by atoms with E-state index in [9.17, 15) is 9.59 Å². The summed E-state index contributed by atoms with van der Waals surface area (Å²) in [6, 6.07) is 9.40. The van der Waals surface area contributed by atoms with E-state index >= 15 is 0 Å². The Morgan fingerprint density at radius 1 is 1.24 bits per heavy atom. The summed E-state index contributed by atoms with van der Waals surface area (Å²) in [5, 5.41) is 11.7. The van der Waals surface area contributed by atoms with Gasteiger partial charge in [0, 0.05) is 13.1 Å². The molecule has 0 aromatic heterocycles. The highest BCUT2D eigenvalue weighted by Crippen LogP contribution is 2.42. The van der Waals surface area contributed by atoms with Crippen LogP contribution < -0.4 is 5.32 Å². The smallest absolute Gasteiger partial charge is 0.408 e. The van der Waals surface area contributed by atoms with Crippen LogP contribution in [0.25, 0.3) is 0 Å². The Kier molecular flexibility index (Phi) is 6.46. The van der Waals surface area contributed by atoms with E-state index in [0.29, 0.717) is 23.8 Å². The number of nitrogens with one attached hydrogen (secondary N) is 1. The highest BCUT2D eigenvalue weighted by atomic mass is 16.6. The van der Waals surface area contributed by atoms with E-state index in [1.165, 1.54) is 5.56 Å². The molecule has 1 aliphatic heterocycles. The van der Waals surface area contributed by atoms with Crippen LogP contribution in [0.3, 0.4) is 0 Å². The molecule has 2 aliphatic rings. The van der Waals surface area contributed by atoms with Crippen molar-refractivity contribution in [3.05, 3.63) is 35.4 Å². The van der Waals surface area contributed by atoms with Gasteiger partial charge in [0.05, 0.1) is 11.6 Å². The van der Waals surface area contributed by atoms with E-state index < -0.39 is 17.7 Å². The molecule has 0 radical (unpaired) electrons. The summed E-state index contributed by atoms with van der Waals surface area (Å²) in [7, 11) is 0. The molecular formula is C23H31N3O3. The lowest BCUT2D eigenvalue weighted by molar-refractivity contribution is -0.133. The highest BCUT2D eigenvalue weighted by molar-refractivity contribution is 5.86. The third-order valence-electron chi connectivity index (χ3n) is 5.58. The topological polar surface area (TPSA) is 82.4 Å². The first-order chi connectivity index (χ1) is 13.7. The summed E-state index contributed by atoms with van der Waals surface area (Å²) in [4.78, 5) is 27.0. The molecule has 1 aromatic carbocycles. The van der Waals surface area contributed by atoms with Gasteiger partial charge in [-0.25, -0.2) is 4.79 Å². The first kappa shape index (κ1) is 21.2. The number of ether oxygens (including phenoxy) is 1. The minimum absolute atomic E-state index is 0.0115. The SMILES string of the molecule is CC(C)(C)OC(=O)NC1CCCCN(CC2CC2Cc2ccc(C#N)cc2)C1=O. The molecule has 3 unspecified atom stereocenters. The van der Waals surface area contributed by atoms with Crippen molar-refractivity contribution in [1.29, 1.82) is 5.26 Å². The number of carbonyl (C=O) groups excluding carboxylic acids is 2. The van der Waals surface area contributed by atoms with Crippen molar-refractivity contribution < 1.29 is 14.3 Å². The number of rotatable bonds is 5. The van der Waals surface area contributed by atoms with Crippen LogP contribution in [0.15, 0.2) is 24.3 Å². The lowest BCUT2D eigenvalue weighted by Crippen LogP contribution is -2.49. The Labute approximate surface area is 173 Å². The van der Waals surface area contributed by atoms with E-state index in [4.69, 9.17) is 10.00 Å². The third-order valence-corrected chi connectivity index (χ3v) is 5.58. The van der Waals surface area contributed by atoms with E-state index in [1.807, 2.05) is 49.9 Å². The van der Waals surface area contributed by atoms with Crippen molar-refractivity contribution in [2.75, 3.05) is 13.1 Å². The maximum absolute atomic E-state index is 13.0. The molecule has 6 nitrogen and oxygen atoms in total. The quantitative estimate of drug-likeness (QED) is 0.822. The summed E-state index contributed by atoms with van der Waals surface area (Å²) >= 11 is 0. The van der Waals surface area contributed by atoms with Crippen LogP contribution in [0, 0.1) is 23.2 Å². The Morgan fingerprint density at radius 3 is 2.62 bits per heavy atom. The molecule has 1 saturated heterocycles. The van der Waals surface area contributed by atoms with Crippen LogP contribution in [0.1, 0.15) is 57.6 Å². The maximum atomic E-state index is 13.0. The molecule has 156 valence electrons. The van der Waals surface area contributed by atoms with E-state index in [2.05, 4.69) is 11.4 Å². The monoisotopic (exact) mass is 397 g/mol. The first-order valence-corrected chi connectivity index (χ1v) is 10.5. The predicted molar refractivity (Wildman–Crippen MR) is 110 cm³/mol. The molecule has 1 aliphatic carbocycles. The molecule has 29 heavy (non-hydrogen) atoms. The molecular weight excluding hydrogens is 366 g/mol. The second-order valence-corrected chi connectivity index (χ2v) is 9.25. The van der Waals surface area contributed by atoms with Gasteiger partial charge in [-0.1, -0.05) is 12.1 Å². The van der Waals surface area contributed by atoms with E-state index in [1.54, 1.807) is 0 Å². The number of benzene rings is 1. The number of nitriles is 1. The molecule has 2 amide bonds. The van der Waals surface area contributed by atoms with Gasteiger partial charge in [0.25, 0.3) is 0 Å². The molecule has 0 spiro atoms. The fraction of sp³-hybridized carbons (Fsp3) is 0.609. The minimum atomic E-state index is -0.579. The Hall–Kier alpha value is -2.55. The lowest BCUT2D eigenvalue weighted by atomic mass is 10.1. The summed E-state index contributed by atoms with van der Waals surface area (Å²) in [6.07, 6.45) is 4.12. The Morgan fingerprint density at radius 2 is 1.97 bits per heavy atom. The molecule has 1 heterocycles. The molecule has 1 aromatic rings. The molecule has 2 fully saturated rings. The van der Waals surface area contributed by atoms with E-state index in [0.717, 1.165) is 38.8 Å². The van der Waals surface area contributed by atoms with Gasteiger partial charge >= 0.3 is 6.09 Å². The summed E-state index contributed by atoms with van der Waals surface area (Å²) in [5.74, 6) is 1.10. The van der Waals surface area contributed by atoms with Crippen LogP contribution in [0.2, 0.25) is 0 Å². The van der Waals surface area contributed by atoms with E-state index in [-0.39, 0.29) is 5.91 Å². The number of likely N-dealkylation sites (tertiary alicyclic amines) is 1. The standard InChI is InChI=1S/C23H31N3O3/c1-23(2,3)29-22(28)25-20-6-4-5-11-26(21(20)27)15-19-13-18(19)12-16-7-9-17(14-24)10-8-16/h7-10,18-20H,4-6,11-13,15H2,1-3H3,(H,25,28). The van der Waals surface area contributed by atoms with Gasteiger partial charge in [-0.2, -0.15) is 5.26 Å². The summed E-state index contributed by atoms with van der Waals surface area (Å²) in [6.45, 7) is 6.95. The van der Waals surface area contributed by atoms with Crippen LogP contribution in [-0.4, -0.2) is 41.6 Å². The second kappa shape index (κ2) is 8.86. The number of hydrogen-bond donors (Lipinski definition) is 1. The van der Waals surface area contributed by atoms with Crippen molar-refractivity contribution in [3.8, 4) is 6.07 Å². The van der Waals surface area contributed by atoms with Gasteiger partial charge in [-0.3, -0.25) is 4.79 Å². The average molecular weight is 398 g/mol. The van der Waals surface area contributed by atoms with Gasteiger partial charge in [-0.15, -0.1) is 0 Å². The van der Waals surface area contributed by atoms with Crippen LogP contribution >= 0.6 is 0 Å². The Bertz CT molecular complexity index is 776. The number of carbonyl (C=O) groups is 2. The van der Waals surface area contributed by atoms with Gasteiger partial charge in [0.2, 0.25) is 5.91 Å². The fourth-order valence-corrected chi connectivity index (χ4v) is 3.96. The minimum Gasteiger partial charge on any atom is -0.444 e. The average Bonchev–Trinajstić information content (AvgIpc) is 3.41. The molecule has 3 rings (SSSR count). The van der Waals surface area contributed by atoms with Crippen LogP contribution in [0.4, 0.5) is 4.79 Å². The van der Waals surface area contributed by atoms with Crippen molar-refractivity contribution >= 4 is 12.0 Å². The van der Waals surface area contributed by atoms with Crippen LogP contribution in [0.5, 0.6) is 0 Å². The molecule has 0 bridgehead atoms. The number of alkyl carbamates (subject to hydrolysis) is 1. The number of hydrogen-bond acceptors (Lipinski definition) is 4. The second-order valence-electron chi connectivity index (χ2n) is 9.25. The fourth-order valence-electron chi connectivity index (χ4n) is 3.96. The van der Waals surface area contributed by atoms with Crippen molar-refractivity contribution in [2.24, 2.45) is 11.8 Å².